The van der Waals surface area contributed by atoms with Crippen molar-refractivity contribution in [2.45, 2.75) is 45.1 Å². The van der Waals surface area contributed by atoms with Gasteiger partial charge in [-0.15, -0.1) is 0 Å². The Morgan fingerprint density at radius 3 is 2.31 bits per heavy atom. The average Bonchev–Trinajstić information content (AvgIpc) is 3.56. The maximum absolute atomic E-state index is 13.0. The zero-order chi connectivity index (χ0) is 47.9. The van der Waals surface area contributed by atoms with Gasteiger partial charge in [-0.2, -0.15) is 5.26 Å². The number of fused-ring (bicyclic) bond motifs is 1. The molecule has 6 rings (SSSR count). The summed E-state index contributed by atoms with van der Waals surface area (Å²) in [7, 11) is 4.77. The Kier molecular flexibility index (Phi) is 19.1. The van der Waals surface area contributed by atoms with Crippen molar-refractivity contribution in [1.82, 2.24) is 29.2 Å². The molecule has 19 heteroatoms. The van der Waals surface area contributed by atoms with Crippen molar-refractivity contribution in [1.29, 1.82) is 5.26 Å². The van der Waals surface area contributed by atoms with E-state index in [0.717, 1.165) is 69.6 Å². The monoisotopic (exact) mass is 962 g/mol. The number of rotatable bonds is 24. The number of benzene rings is 2. The number of carbonyl (C=O) groups excluding carboxylic acids is 2. The van der Waals surface area contributed by atoms with Crippen LogP contribution in [0.15, 0.2) is 52.8 Å². The first kappa shape index (κ1) is 51.0. The number of anilines is 2. The van der Waals surface area contributed by atoms with Crippen LogP contribution in [0.25, 0.3) is 23.7 Å². The minimum Gasteiger partial charge on any atom is -0.495 e. The lowest BCUT2D eigenvalue weighted by Gasteiger charge is -2.34. The van der Waals surface area contributed by atoms with Crippen LogP contribution >= 0.6 is 23.2 Å². The van der Waals surface area contributed by atoms with Gasteiger partial charge in [0.05, 0.1) is 97.2 Å². The summed E-state index contributed by atoms with van der Waals surface area (Å²) in [5.74, 6) is 0.729. The van der Waals surface area contributed by atoms with E-state index >= 15 is 0 Å². The number of carbonyl (C=O) groups is 2. The smallest absolute Gasteiger partial charge is 0.329 e. The lowest BCUT2D eigenvalue weighted by atomic mass is 10.1. The molecule has 1 unspecified atom stereocenters. The SMILES string of the molecule is C=c1ncc(C#N)c(Nc2cc(OC)c(Cl)cc2Cl)/c1=C/C(OC)=C(\C)OCCCN1CCN(CCOCCOCCOCCCc2ccc3c(c2)n(C)c(=O)n3C2CCC(=O)NC2=O)CC1. The summed E-state index contributed by atoms with van der Waals surface area (Å²) in [5.41, 5.74) is 3.46. The maximum atomic E-state index is 13.0. The van der Waals surface area contributed by atoms with Crippen LogP contribution in [0, 0.1) is 11.3 Å². The highest BCUT2D eigenvalue weighted by atomic mass is 35.5. The molecule has 2 aromatic heterocycles. The summed E-state index contributed by atoms with van der Waals surface area (Å²) in [4.78, 5) is 46.3. The number of nitrogens with one attached hydrogen (secondary N) is 2. The number of methoxy groups -OCH3 is 2. The molecule has 2 N–H and O–H groups in total. The van der Waals surface area contributed by atoms with Crippen LogP contribution in [0.3, 0.4) is 0 Å². The van der Waals surface area contributed by atoms with Gasteiger partial charge in [-0.05, 0) is 62.4 Å². The lowest BCUT2D eigenvalue weighted by molar-refractivity contribution is -0.135. The number of hydrogen-bond donors (Lipinski definition) is 2. The summed E-state index contributed by atoms with van der Waals surface area (Å²) in [6, 6.07) is 10.5. The summed E-state index contributed by atoms with van der Waals surface area (Å²) < 4.78 is 37.6. The van der Waals surface area contributed by atoms with Crippen LogP contribution in [-0.2, 0) is 46.7 Å². The molecule has 0 bridgehead atoms. The van der Waals surface area contributed by atoms with Gasteiger partial charge in [0.15, 0.2) is 5.76 Å². The van der Waals surface area contributed by atoms with Gasteiger partial charge in [0, 0.05) is 76.8 Å². The molecule has 17 nitrogen and oxygen atoms in total. The van der Waals surface area contributed by atoms with Gasteiger partial charge in [0.25, 0.3) is 0 Å². The fraction of sp³-hybridized carbons (Fsp3) is 0.479. The third-order valence-corrected chi connectivity index (χ3v) is 12.4. The van der Waals surface area contributed by atoms with Gasteiger partial charge in [-0.25, -0.2) is 4.79 Å². The highest BCUT2D eigenvalue weighted by molar-refractivity contribution is 6.37. The predicted molar refractivity (Wildman–Crippen MR) is 257 cm³/mol. The van der Waals surface area contributed by atoms with E-state index in [1.54, 1.807) is 36.9 Å². The molecule has 2 aromatic carbocycles. The number of halogens is 2. The van der Waals surface area contributed by atoms with Gasteiger partial charge in [0.2, 0.25) is 11.8 Å². The Morgan fingerprint density at radius 2 is 1.63 bits per heavy atom. The molecule has 0 saturated carbocycles. The number of aryl methyl sites for hydroxylation is 2. The molecule has 0 spiro atoms. The van der Waals surface area contributed by atoms with Crippen LogP contribution in [0.2, 0.25) is 10.0 Å². The van der Waals surface area contributed by atoms with Crippen LogP contribution in [0.5, 0.6) is 5.75 Å². The second-order valence-corrected chi connectivity index (χ2v) is 17.0. The van der Waals surface area contributed by atoms with Crippen LogP contribution in [-0.4, -0.2) is 135 Å². The average molecular weight is 964 g/mol. The van der Waals surface area contributed by atoms with E-state index in [2.05, 4.69) is 38.1 Å². The maximum Gasteiger partial charge on any atom is 0.329 e. The first-order chi connectivity index (χ1) is 32.4. The van der Waals surface area contributed by atoms with E-state index in [1.807, 2.05) is 25.1 Å². The fourth-order valence-electron chi connectivity index (χ4n) is 8.02. The van der Waals surface area contributed by atoms with Crippen molar-refractivity contribution in [2.75, 3.05) is 105 Å². The van der Waals surface area contributed by atoms with Gasteiger partial charge < -0.3 is 38.6 Å². The fourth-order valence-corrected chi connectivity index (χ4v) is 8.53. The Balaban J connectivity index is 0.817. The quantitative estimate of drug-likeness (QED) is 0.0572. The number of piperazine rings is 1. The van der Waals surface area contributed by atoms with Crippen molar-refractivity contribution >= 4 is 70.1 Å². The third-order valence-electron chi connectivity index (χ3n) is 11.8. The number of imidazole rings is 1. The molecule has 2 aliphatic rings. The highest BCUT2D eigenvalue weighted by Gasteiger charge is 2.31. The van der Waals surface area contributed by atoms with E-state index in [-0.39, 0.29) is 23.6 Å². The van der Waals surface area contributed by atoms with Crippen LogP contribution < -0.4 is 31.6 Å². The normalized spacial score (nSPS) is 16.5. The van der Waals surface area contributed by atoms with Gasteiger partial charge >= 0.3 is 5.69 Å². The number of pyridine rings is 1. The molecule has 2 aliphatic heterocycles. The van der Waals surface area contributed by atoms with Gasteiger partial charge in [0.1, 0.15) is 23.6 Å². The zero-order valence-corrected chi connectivity index (χ0v) is 40.2. The molecule has 67 heavy (non-hydrogen) atoms. The molecule has 2 saturated heterocycles. The Morgan fingerprint density at radius 1 is 0.925 bits per heavy atom. The number of hydrogen-bond acceptors (Lipinski definition) is 14. The minimum atomic E-state index is -0.696. The van der Waals surface area contributed by atoms with Crippen molar-refractivity contribution in [3.8, 4) is 11.8 Å². The van der Waals surface area contributed by atoms with Crippen molar-refractivity contribution in [3.63, 3.8) is 0 Å². The number of allylic oxidation sites excluding steroid dienone is 2. The first-order valence-electron chi connectivity index (χ1n) is 22.4. The molecular weight excluding hydrogens is 903 g/mol. The molecule has 2 amide bonds. The molecule has 0 aliphatic carbocycles. The predicted octanol–water partition coefficient (Wildman–Crippen LogP) is 4.42. The number of aromatic nitrogens is 3. The highest BCUT2D eigenvalue weighted by Crippen LogP contribution is 2.35. The number of imide groups is 1. The molecule has 4 heterocycles. The first-order valence-corrected chi connectivity index (χ1v) is 23.2. The topological polar surface area (TPSA) is 184 Å². The van der Waals surface area contributed by atoms with E-state index in [1.165, 1.54) is 17.9 Å². The number of amides is 2. The van der Waals surface area contributed by atoms with E-state index in [4.69, 9.17) is 51.6 Å². The lowest BCUT2D eigenvalue weighted by Crippen LogP contribution is -2.47. The van der Waals surface area contributed by atoms with Crippen molar-refractivity contribution in [2.24, 2.45) is 7.05 Å². The molecule has 0 radical (unpaired) electrons. The van der Waals surface area contributed by atoms with Gasteiger partial charge in [-0.1, -0.05) is 35.8 Å². The third kappa shape index (κ3) is 13.6. The van der Waals surface area contributed by atoms with E-state index < -0.39 is 11.9 Å². The summed E-state index contributed by atoms with van der Waals surface area (Å²) in [6.07, 6.45) is 6.14. The van der Waals surface area contributed by atoms with Crippen LogP contribution in [0.1, 0.15) is 49.8 Å². The van der Waals surface area contributed by atoms with Crippen molar-refractivity contribution in [3.05, 3.63) is 90.3 Å². The molecule has 2 fully saturated rings. The number of nitrogens with zero attached hydrogens (tertiary/aromatic N) is 6. The largest absolute Gasteiger partial charge is 0.495 e. The van der Waals surface area contributed by atoms with E-state index in [9.17, 15) is 19.6 Å². The van der Waals surface area contributed by atoms with Gasteiger partial charge in [-0.3, -0.25) is 33.9 Å². The Hall–Kier alpha value is -5.45. The second kappa shape index (κ2) is 25.1. The summed E-state index contributed by atoms with van der Waals surface area (Å²) in [6.45, 7) is 15.3. The molecule has 1 atom stereocenters. The number of ether oxygens (including phenoxy) is 6. The second-order valence-electron chi connectivity index (χ2n) is 16.2. The molecule has 4 aromatic rings. The standard InChI is InChI=1S/C48H60Cl2N8O9/c1-32-36(46(35(30-51)31-52-32)53-39-29-44(63-5)38(50)28-37(39)49)27-43(62-4)33(2)67-20-7-13-56-14-16-57(17-15-56)18-21-65-23-25-66-24-22-64-19-6-8-34-9-10-40-42(26-34)55(3)48(61)58(40)41-11-12-45(59)54-47(41)60/h9-10,26-29,31,41,53H,1,6-8,11-25H2,2-5H3,(H,54,59,60)/b36-27+,43-33-. The summed E-state index contributed by atoms with van der Waals surface area (Å²) >= 11 is 12.7. The Bertz CT molecular complexity index is 2620. The zero-order valence-electron chi connectivity index (χ0n) is 38.7. The number of piperidine rings is 1. The summed E-state index contributed by atoms with van der Waals surface area (Å²) in [5, 5.41) is 17.2. The van der Waals surface area contributed by atoms with E-state index in [0.29, 0.717) is 107 Å². The van der Waals surface area contributed by atoms with Crippen LogP contribution in [0.4, 0.5) is 11.4 Å². The number of nitriles is 1. The Labute approximate surface area is 400 Å². The molecular formula is C48H60Cl2N8O9. The minimum absolute atomic E-state index is 0.208. The van der Waals surface area contributed by atoms with Crippen molar-refractivity contribution < 1.29 is 38.0 Å². The molecule has 360 valence electrons.